The van der Waals surface area contributed by atoms with Crippen LogP contribution in [0.4, 0.5) is 10.8 Å². The van der Waals surface area contributed by atoms with Crippen molar-refractivity contribution in [3.8, 4) is 22.8 Å². The number of carbonyl (C=O) groups excluding carboxylic acids is 3. The van der Waals surface area contributed by atoms with Crippen LogP contribution < -0.4 is 25.4 Å². The monoisotopic (exact) mass is 718 g/mol. The topological polar surface area (TPSA) is 119 Å². The summed E-state index contributed by atoms with van der Waals surface area (Å²) in [6, 6.07) is 25.9. The van der Waals surface area contributed by atoms with Crippen LogP contribution in [0, 0.1) is 0 Å². The molecule has 0 radical (unpaired) electrons. The Bertz CT molecular complexity index is 1960. The Morgan fingerprint density at radius 3 is 2.31 bits per heavy atom. The van der Waals surface area contributed by atoms with E-state index in [9.17, 15) is 14.4 Å². The molecule has 48 heavy (non-hydrogen) atoms. The van der Waals surface area contributed by atoms with E-state index in [1.807, 2.05) is 23.6 Å². The lowest BCUT2D eigenvalue weighted by Gasteiger charge is -2.13. The third-order valence-corrected chi connectivity index (χ3v) is 9.12. The molecule has 244 valence electrons. The molecule has 0 saturated carbocycles. The number of thioether (sulfide) groups is 1. The number of nitrogens with one attached hydrogen (secondary N) is 3. The van der Waals surface area contributed by atoms with Gasteiger partial charge in [-0.05, 0) is 66.7 Å². The smallest absolute Gasteiger partial charge is 0.272 e. The van der Waals surface area contributed by atoms with Crippen LogP contribution >= 0.6 is 46.3 Å². The Kier molecular flexibility index (Phi) is 11.8. The molecule has 4 aromatic carbocycles. The maximum Gasteiger partial charge on any atom is 0.272 e. The first-order valence-electron chi connectivity index (χ1n) is 14.3. The van der Waals surface area contributed by atoms with Crippen LogP contribution in [-0.2, 0) is 9.59 Å². The van der Waals surface area contributed by atoms with E-state index in [0.29, 0.717) is 49.2 Å². The Hall–Kier alpha value is -4.81. The normalized spacial score (nSPS) is 11.0. The number of nitrogens with zero attached hydrogens (tertiary/aromatic N) is 1. The van der Waals surface area contributed by atoms with Crippen molar-refractivity contribution in [3.63, 3.8) is 0 Å². The van der Waals surface area contributed by atoms with Gasteiger partial charge in [0, 0.05) is 42.7 Å². The highest BCUT2D eigenvalue weighted by molar-refractivity contribution is 8.00. The van der Waals surface area contributed by atoms with Crippen LogP contribution in [0.5, 0.6) is 11.5 Å². The lowest BCUT2D eigenvalue weighted by atomic mass is 10.1. The summed E-state index contributed by atoms with van der Waals surface area (Å²) in [7, 11) is 3.14. The van der Waals surface area contributed by atoms with Gasteiger partial charge < -0.3 is 25.4 Å². The number of hydrogen-bond donors (Lipinski definition) is 3. The fraction of sp³-hybridized carbons (Fsp3) is 0.0857. The number of methoxy groups -OCH3 is 2. The molecule has 1 heterocycles. The number of anilines is 2. The van der Waals surface area contributed by atoms with Gasteiger partial charge >= 0.3 is 0 Å². The van der Waals surface area contributed by atoms with Crippen molar-refractivity contribution < 1.29 is 23.9 Å². The fourth-order valence-corrected chi connectivity index (χ4v) is 6.36. The second kappa shape index (κ2) is 16.3. The van der Waals surface area contributed by atoms with Gasteiger partial charge in [0.25, 0.3) is 11.8 Å². The lowest BCUT2D eigenvalue weighted by molar-refractivity contribution is -0.114. The van der Waals surface area contributed by atoms with Crippen LogP contribution in [0.3, 0.4) is 0 Å². The van der Waals surface area contributed by atoms with Crippen molar-refractivity contribution in [2.75, 3.05) is 30.6 Å². The zero-order chi connectivity index (χ0) is 34.0. The molecule has 0 aliphatic rings. The first-order chi connectivity index (χ1) is 23.2. The zero-order valence-electron chi connectivity index (χ0n) is 25.6. The van der Waals surface area contributed by atoms with E-state index in [4.69, 9.17) is 32.7 Å². The summed E-state index contributed by atoms with van der Waals surface area (Å²) in [6.07, 6.45) is 1.43. The average Bonchev–Trinajstić information content (AvgIpc) is 3.57. The molecular weight excluding hydrogens is 691 g/mol. The van der Waals surface area contributed by atoms with Crippen molar-refractivity contribution >= 4 is 80.9 Å². The number of hydrogen-bond acceptors (Lipinski definition) is 8. The average molecular weight is 720 g/mol. The molecule has 13 heteroatoms. The highest BCUT2D eigenvalue weighted by atomic mass is 35.5. The minimum atomic E-state index is -0.593. The summed E-state index contributed by atoms with van der Waals surface area (Å²) in [5.41, 5.74) is 2.66. The van der Waals surface area contributed by atoms with Gasteiger partial charge in [-0.25, -0.2) is 4.98 Å². The summed E-state index contributed by atoms with van der Waals surface area (Å²) in [5.74, 6) is -0.0210. The van der Waals surface area contributed by atoms with Crippen LogP contribution in [-0.4, -0.2) is 42.7 Å². The third kappa shape index (κ3) is 8.96. The molecule has 0 bridgehead atoms. The Morgan fingerprint density at radius 2 is 1.58 bits per heavy atom. The molecular formula is C35H28Cl2N4O5S2. The predicted molar refractivity (Wildman–Crippen MR) is 193 cm³/mol. The lowest BCUT2D eigenvalue weighted by Crippen LogP contribution is -2.30. The molecule has 0 unspecified atom stereocenters. The number of carbonyl (C=O) groups is 3. The maximum absolute atomic E-state index is 13.5. The molecule has 5 rings (SSSR count). The number of amides is 3. The Morgan fingerprint density at radius 1 is 0.854 bits per heavy atom. The molecule has 0 fully saturated rings. The first kappa shape index (κ1) is 34.5. The molecule has 0 aliphatic heterocycles. The van der Waals surface area contributed by atoms with E-state index in [2.05, 4.69) is 20.9 Å². The summed E-state index contributed by atoms with van der Waals surface area (Å²) < 4.78 is 10.7. The highest BCUT2D eigenvalue weighted by Gasteiger charge is 2.17. The molecule has 0 aliphatic carbocycles. The van der Waals surface area contributed by atoms with Crippen LogP contribution in [0.25, 0.3) is 17.3 Å². The predicted octanol–water partition coefficient (Wildman–Crippen LogP) is 8.27. The minimum absolute atomic E-state index is 0.0628. The molecule has 0 saturated heterocycles. The Balaban J connectivity index is 1.24. The van der Waals surface area contributed by atoms with Crippen LogP contribution in [0.1, 0.15) is 15.9 Å². The summed E-state index contributed by atoms with van der Waals surface area (Å²) in [6.45, 7) is 0. The highest BCUT2D eigenvalue weighted by Crippen LogP contribution is 2.34. The minimum Gasteiger partial charge on any atom is -0.493 e. The molecule has 5 aromatic rings. The Labute approximate surface area is 295 Å². The number of rotatable bonds is 12. The number of ether oxygens (including phenoxy) is 2. The van der Waals surface area contributed by atoms with E-state index in [1.165, 1.54) is 29.2 Å². The standard InChI is InChI=1S/C35H28Cl2N4O5S2/c1-45-30-15-14-22(16-31(30)46-2)29-19-48-35(40-29)41-32(42)20-47-24-11-6-10-23(17-24)38-34(44)28(18-25-26(36)12-7-13-27(25)37)39-33(43)21-8-4-3-5-9-21/h3-19H,20H2,1-2H3,(H,38,44)(H,39,43)(H,40,41,42)/b28-18+. The van der Waals surface area contributed by atoms with Gasteiger partial charge in [-0.1, -0.05) is 53.5 Å². The van der Waals surface area contributed by atoms with Crippen LogP contribution in [0.15, 0.2) is 107 Å². The van der Waals surface area contributed by atoms with Gasteiger partial charge in [0.15, 0.2) is 16.6 Å². The largest absolute Gasteiger partial charge is 0.493 e. The van der Waals surface area contributed by atoms with Crippen molar-refractivity contribution in [3.05, 3.63) is 123 Å². The van der Waals surface area contributed by atoms with Crippen LogP contribution in [0.2, 0.25) is 10.0 Å². The number of benzene rings is 4. The quantitative estimate of drug-likeness (QED) is 0.0878. The van der Waals surface area contributed by atoms with Gasteiger partial charge in [0.05, 0.1) is 25.7 Å². The third-order valence-electron chi connectivity index (χ3n) is 6.71. The maximum atomic E-state index is 13.5. The van der Waals surface area contributed by atoms with Crippen molar-refractivity contribution in [1.82, 2.24) is 10.3 Å². The SMILES string of the molecule is COc1ccc(-c2csc(NC(=O)CSc3cccc(NC(=O)/C(=C\c4c(Cl)cccc4Cl)NC(=O)c4ccccc4)c3)n2)cc1OC. The van der Waals surface area contributed by atoms with Crippen molar-refractivity contribution in [2.24, 2.45) is 0 Å². The fourth-order valence-electron chi connectivity index (χ4n) is 4.36. The zero-order valence-corrected chi connectivity index (χ0v) is 28.7. The van der Waals surface area contributed by atoms with E-state index in [0.717, 1.165) is 10.5 Å². The molecule has 9 nitrogen and oxygen atoms in total. The van der Waals surface area contributed by atoms with Gasteiger partial charge in [0.2, 0.25) is 5.91 Å². The van der Waals surface area contributed by atoms with Gasteiger partial charge in [0.1, 0.15) is 5.70 Å². The van der Waals surface area contributed by atoms with E-state index in [1.54, 1.807) is 87.0 Å². The number of aromatic nitrogens is 1. The molecule has 0 spiro atoms. The molecule has 1 aromatic heterocycles. The molecule has 3 N–H and O–H groups in total. The first-order valence-corrected chi connectivity index (χ1v) is 16.9. The molecule has 3 amide bonds. The summed E-state index contributed by atoms with van der Waals surface area (Å²) >= 11 is 15.3. The van der Waals surface area contributed by atoms with E-state index >= 15 is 0 Å². The van der Waals surface area contributed by atoms with Crippen molar-refractivity contribution in [2.45, 2.75) is 4.90 Å². The second-order valence-corrected chi connectivity index (χ2v) is 12.7. The van der Waals surface area contributed by atoms with Gasteiger partial charge in [-0.3, -0.25) is 14.4 Å². The second-order valence-electron chi connectivity index (χ2n) is 9.94. The molecule has 0 atom stereocenters. The van der Waals surface area contributed by atoms with Gasteiger partial charge in [-0.15, -0.1) is 23.1 Å². The number of halogens is 2. The summed E-state index contributed by atoms with van der Waals surface area (Å²) in [4.78, 5) is 44.5. The van der Waals surface area contributed by atoms with E-state index < -0.39 is 11.8 Å². The summed E-state index contributed by atoms with van der Waals surface area (Å²) in [5, 5.41) is 11.3. The van der Waals surface area contributed by atoms with Gasteiger partial charge in [-0.2, -0.15) is 0 Å². The van der Waals surface area contributed by atoms with E-state index in [-0.39, 0.29) is 17.4 Å². The number of thiazole rings is 1. The van der Waals surface area contributed by atoms with Crippen molar-refractivity contribution in [1.29, 1.82) is 0 Å².